The van der Waals surface area contributed by atoms with Crippen molar-refractivity contribution in [2.75, 3.05) is 5.88 Å². The lowest BCUT2D eigenvalue weighted by atomic mass is 9.91. The van der Waals surface area contributed by atoms with Gasteiger partial charge in [0.15, 0.2) is 0 Å². The van der Waals surface area contributed by atoms with Gasteiger partial charge in [-0.3, -0.25) is 4.79 Å². The highest BCUT2D eigenvalue weighted by molar-refractivity contribution is 6.17. The maximum Gasteiger partial charge on any atom is 0.407 e. The molecule has 5 nitrogen and oxygen atoms in total. The van der Waals surface area contributed by atoms with E-state index in [1.807, 2.05) is 30.3 Å². The number of hydrogen-bond donors (Lipinski definition) is 2. The van der Waals surface area contributed by atoms with Crippen LogP contribution in [0.2, 0.25) is 0 Å². The highest BCUT2D eigenvalue weighted by Gasteiger charge is 2.24. The summed E-state index contributed by atoms with van der Waals surface area (Å²) in [5.41, 5.74) is 0.959. The Morgan fingerprint density at radius 3 is 2.54 bits per heavy atom. The molecule has 1 aliphatic carbocycles. The van der Waals surface area contributed by atoms with Crippen LogP contribution in [-0.4, -0.2) is 30.0 Å². The smallest absolute Gasteiger partial charge is 0.407 e. The van der Waals surface area contributed by atoms with Crippen molar-refractivity contribution >= 4 is 23.6 Å². The first-order valence-electron chi connectivity index (χ1n) is 8.50. The van der Waals surface area contributed by atoms with Crippen LogP contribution >= 0.6 is 11.6 Å². The molecule has 1 aliphatic rings. The van der Waals surface area contributed by atoms with E-state index in [2.05, 4.69) is 10.6 Å². The molecule has 1 saturated carbocycles. The van der Waals surface area contributed by atoms with Crippen molar-refractivity contribution in [1.82, 2.24) is 10.6 Å². The molecule has 1 aromatic carbocycles. The molecule has 0 spiro atoms. The van der Waals surface area contributed by atoms with Crippen molar-refractivity contribution in [2.24, 2.45) is 0 Å². The van der Waals surface area contributed by atoms with Crippen LogP contribution in [0.4, 0.5) is 4.79 Å². The minimum Gasteiger partial charge on any atom is -0.445 e. The molecule has 0 radical (unpaired) electrons. The highest BCUT2D eigenvalue weighted by Crippen LogP contribution is 2.19. The number of amides is 2. The van der Waals surface area contributed by atoms with E-state index < -0.39 is 6.09 Å². The van der Waals surface area contributed by atoms with Crippen LogP contribution in [-0.2, 0) is 16.1 Å². The zero-order chi connectivity index (χ0) is 17.2. The molecule has 0 aromatic heterocycles. The van der Waals surface area contributed by atoms with E-state index in [-0.39, 0.29) is 24.6 Å². The van der Waals surface area contributed by atoms with Crippen molar-refractivity contribution in [3.63, 3.8) is 0 Å². The maximum atomic E-state index is 11.9. The second-order valence-corrected chi connectivity index (χ2v) is 6.50. The molecule has 1 fully saturated rings. The van der Waals surface area contributed by atoms with Crippen molar-refractivity contribution in [3.8, 4) is 0 Å². The fourth-order valence-electron chi connectivity index (χ4n) is 2.91. The number of carbonyl (C=O) groups is 2. The molecule has 1 aromatic rings. The molecular weight excluding hydrogens is 328 g/mol. The number of alkyl carbamates (subject to hydrolysis) is 1. The number of halogens is 1. The van der Waals surface area contributed by atoms with Crippen LogP contribution < -0.4 is 10.6 Å². The first kappa shape index (κ1) is 18.6. The van der Waals surface area contributed by atoms with Crippen LogP contribution in [0.3, 0.4) is 0 Å². The van der Waals surface area contributed by atoms with Gasteiger partial charge in [-0.2, -0.15) is 0 Å². The number of rotatable bonds is 7. The van der Waals surface area contributed by atoms with E-state index in [9.17, 15) is 9.59 Å². The number of carbonyl (C=O) groups excluding carboxylic acids is 2. The number of ether oxygens (including phenoxy) is 1. The van der Waals surface area contributed by atoms with E-state index in [4.69, 9.17) is 16.3 Å². The lowest BCUT2D eigenvalue weighted by Crippen LogP contribution is -2.45. The van der Waals surface area contributed by atoms with Gasteiger partial charge in [0.1, 0.15) is 6.61 Å². The molecule has 0 bridgehead atoms. The van der Waals surface area contributed by atoms with Gasteiger partial charge in [-0.15, -0.1) is 11.6 Å². The number of benzene rings is 1. The summed E-state index contributed by atoms with van der Waals surface area (Å²) in [6.45, 7) is 0.262. The molecule has 2 N–H and O–H groups in total. The minimum absolute atomic E-state index is 0.0351. The van der Waals surface area contributed by atoms with Crippen molar-refractivity contribution in [3.05, 3.63) is 35.9 Å². The van der Waals surface area contributed by atoms with Crippen molar-refractivity contribution in [1.29, 1.82) is 0 Å². The Bertz CT molecular complexity index is 524. The minimum atomic E-state index is -0.405. The fraction of sp³-hybridized carbons (Fsp3) is 0.556. The van der Waals surface area contributed by atoms with Crippen molar-refractivity contribution in [2.45, 2.75) is 57.2 Å². The molecule has 2 rings (SSSR count). The fourth-order valence-corrected chi connectivity index (χ4v) is 3.04. The highest BCUT2D eigenvalue weighted by atomic mass is 35.5. The van der Waals surface area contributed by atoms with Gasteiger partial charge >= 0.3 is 6.09 Å². The molecule has 132 valence electrons. The topological polar surface area (TPSA) is 67.4 Å². The molecule has 2 atom stereocenters. The predicted molar refractivity (Wildman–Crippen MR) is 93.9 cm³/mol. The monoisotopic (exact) mass is 352 g/mol. The van der Waals surface area contributed by atoms with Crippen molar-refractivity contribution < 1.29 is 14.3 Å². The zero-order valence-corrected chi connectivity index (χ0v) is 14.6. The Morgan fingerprint density at radius 2 is 1.83 bits per heavy atom. The SMILES string of the molecule is O=C(CCCCl)N[C@@H]1CCCC(NC(=O)OCc2ccccc2)C1. The molecule has 0 heterocycles. The summed E-state index contributed by atoms with van der Waals surface area (Å²) >= 11 is 5.60. The second-order valence-electron chi connectivity index (χ2n) is 6.13. The standard InChI is InChI=1S/C18H25ClN2O3/c19-11-5-10-17(22)20-15-8-4-9-16(12-15)21-18(23)24-13-14-6-2-1-3-7-14/h1-3,6-7,15-16H,4-5,8-13H2,(H,20,22)(H,21,23)/t15-,16?/m1/s1. The average molecular weight is 353 g/mol. The maximum absolute atomic E-state index is 11.9. The quantitative estimate of drug-likeness (QED) is 0.739. The summed E-state index contributed by atoms with van der Waals surface area (Å²) in [6.07, 6.45) is 4.32. The molecule has 0 aliphatic heterocycles. The van der Waals surface area contributed by atoms with Gasteiger partial charge < -0.3 is 15.4 Å². The lowest BCUT2D eigenvalue weighted by Gasteiger charge is -2.30. The summed E-state index contributed by atoms with van der Waals surface area (Å²) in [7, 11) is 0. The van der Waals surface area contributed by atoms with Gasteiger partial charge in [-0.05, 0) is 37.7 Å². The Kier molecular flexibility index (Phi) is 7.89. The second kappa shape index (κ2) is 10.2. The van der Waals surface area contributed by atoms with E-state index in [0.29, 0.717) is 18.7 Å². The van der Waals surface area contributed by atoms with Gasteiger partial charge in [0.25, 0.3) is 0 Å². The summed E-state index contributed by atoms with van der Waals surface area (Å²) in [5, 5.41) is 5.93. The number of nitrogens with one attached hydrogen (secondary N) is 2. The first-order valence-corrected chi connectivity index (χ1v) is 9.03. The van der Waals surface area contributed by atoms with Crippen LogP contribution in [0.1, 0.15) is 44.1 Å². The Morgan fingerprint density at radius 1 is 1.12 bits per heavy atom. The third-order valence-electron chi connectivity index (χ3n) is 4.11. The van der Waals surface area contributed by atoms with Gasteiger partial charge in [0, 0.05) is 24.4 Å². The van der Waals surface area contributed by atoms with Crippen LogP contribution in [0.15, 0.2) is 30.3 Å². The van der Waals surface area contributed by atoms with E-state index >= 15 is 0 Å². The number of alkyl halides is 1. The Labute approximate surface area is 148 Å². The number of hydrogen-bond acceptors (Lipinski definition) is 3. The largest absolute Gasteiger partial charge is 0.445 e. The molecule has 6 heteroatoms. The van der Waals surface area contributed by atoms with Crippen LogP contribution in [0, 0.1) is 0 Å². The van der Waals surface area contributed by atoms with E-state index in [1.165, 1.54) is 0 Å². The van der Waals surface area contributed by atoms with Gasteiger partial charge in [0.2, 0.25) is 5.91 Å². The van der Waals surface area contributed by atoms with Crippen LogP contribution in [0.5, 0.6) is 0 Å². The van der Waals surface area contributed by atoms with Gasteiger partial charge in [-0.1, -0.05) is 30.3 Å². The van der Waals surface area contributed by atoms with Crippen LogP contribution in [0.25, 0.3) is 0 Å². The van der Waals surface area contributed by atoms with Gasteiger partial charge in [0.05, 0.1) is 0 Å². The summed E-state index contributed by atoms with van der Waals surface area (Å²) in [5.74, 6) is 0.531. The Hall–Kier alpha value is -1.75. The molecule has 0 saturated heterocycles. The average Bonchev–Trinajstić information content (AvgIpc) is 2.59. The summed E-state index contributed by atoms with van der Waals surface area (Å²) in [6, 6.07) is 9.74. The summed E-state index contributed by atoms with van der Waals surface area (Å²) in [4.78, 5) is 23.7. The predicted octanol–water partition coefficient (Wildman–Crippen LogP) is 3.36. The Balaban J connectivity index is 1.70. The first-order chi connectivity index (χ1) is 11.7. The third kappa shape index (κ3) is 6.79. The molecular formula is C18H25ClN2O3. The third-order valence-corrected chi connectivity index (χ3v) is 4.38. The van der Waals surface area contributed by atoms with E-state index in [0.717, 1.165) is 31.2 Å². The summed E-state index contributed by atoms with van der Waals surface area (Å²) < 4.78 is 5.25. The van der Waals surface area contributed by atoms with Gasteiger partial charge in [-0.25, -0.2) is 4.79 Å². The molecule has 24 heavy (non-hydrogen) atoms. The zero-order valence-electron chi connectivity index (χ0n) is 13.8. The lowest BCUT2D eigenvalue weighted by molar-refractivity contribution is -0.122. The van der Waals surface area contributed by atoms with E-state index in [1.54, 1.807) is 0 Å². The molecule has 1 unspecified atom stereocenters. The normalized spacial score (nSPS) is 20.2. The molecule has 2 amide bonds.